The number of anilines is 1. The predicted octanol–water partition coefficient (Wildman–Crippen LogP) is 2.78. The zero-order chi connectivity index (χ0) is 20.4. The van der Waals surface area contributed by atoms with Gasteiger partial charge in [0.1, 0.15) is 5.82 Å². The number of carboxylic acid groups (broad SMARTS) is 1. The number of alkyl halides is 3. The highest BCUT2D eigenvalue weighted by Crippen LogP contribution is 2.29. The van der Waals surface area contributed by atoms with E-state index >= 15 is 0 Å². The summed E-state index contributed by atoms with van der Waals surface area (Å²) >= 11 is 0. The van der Waals surface area contributed by atoms with Crippen LogP contribution in [0.1, 0.15) is 18.2 Å². The molecule has 8 nitrogen and oxygen atoms in total. The summed E-state index contributed by atoms with van der Waals surface area (Å²) < 4.78 is 39.2. The van der Waals surface area contributed by atoms with Crippen LogP contribution in [0.4, 0.5) is 23.8 Å². The summed E-state index contributed by atoms with van der Waals surface area (Å²) in [5, 5.41) is 15.6. The summed E-state index contributed by atoms with van der Waals surface area (Å²) in [6, 6.07) is 2.94. The van der Waals surface area contributed by atoms with Gasteiger partial charge in [-0.25, -0.2) is 9.78 Å². The smallest absolute Gasteiger partial charge is 0.417 e. The number of nitrogens with zero attached hydrogens (tertiary/aromatic N) is 4. The van der Waals surface area contributed by atoms with Crippen LogP contribution in [0.5, 0.6) is 0 Å². The molecule has 146 valence electrons. The van der Waals surface area contributed by atoms with Crippen molar-refractivity contribution < 1.29 is 27.9 Å². The lowest BCUT2D eigenvalue weighted by atomic mass is 10.2. The molecule has 0 aliphatic carbocycles. The summed E-state index contributed by atoms with van der Waals surface area (Å²) in [7, 11) is 1.43. The molecule has 0 aliphatic rings. The molecule has 0 saturated carbocycles. The number of hydrogen-bond acceptors (Lipinski definition) is 4. The van der Waals surface area contributed by atoms with E-state index in [0.717, 1.165) is 12.1 Å². The molecular weight excluding hydrogens is 367 g/mol. The summed E-state index contributed by atoms with van der Waals surface area (Å²) in [5.41, 5.74) is -0.392. The van der Waals surface area contributed by atoms with Gasteiger partial charge in [0, 0.05) is 25.9 Å². The number of pyridine rings is 1. The second kappa shape index (κ2) is 7.64. The Balaban J connectivity index is 2.20. The zero-order valence-electron chi connectivity index (χ0n) is 14.8. The fourth-order valence-electron chi connectivity index (χ4n) is 2.22. The van der Waals surface area contributed by atoms with Crippen LogP contribution in [0.3, 0.4) is 0 Å². The molecule has 2 aromatic rings. The Labute approximate surface area is 152 Å². The highest BCUT2D eigenvalue weighted by molar-refractivity contribution is 5.89. The standard InChI is InChI=1S/C16H18F3N5O3/c1-9(14(25)26)8-23(3)15(27)21-13-6-10(2)22-24(13)12-5-4-11(7-20-12)16(17,18)19/h4-7,9H,8H2,1-3H3,(H,21,27)(H,25,26). The van der Waals surface area contributed by atoms with Gasteiger partial charge < -0.3 is 10.0 Å². The molecule has 1 unspecified atom stereocenters. The Morgan fingerprint density at radius 3 is 2.56 bits per heavy atom. The number of carbonyl (C=O) groups is 2. The second-order valence-corrected chi connectivity index (χ2v) is 6.04. The molecule has 27 heavy (non-hydrogen) atoms. The lowest BCUT2D eigenvalue weighted by Crippen LogP contribution is -2.37. The third-order valence-electron chi connectivity index (χ3n) is 3.67. The first-order chi connectivity index (χ1) is 12.5. The van der Waals surface area contributed by atoms with Crippen LogP contribution < -0.4 is 5.32 Å². The third-order valence-corrected chi connectivity index (χ3v) is 3.67. The first-order valence-corrected chi connectivity index (χ1v) is 7.84. The average Bonchev–Trinajstić information content (AvgIpc) is 2.94. The molecule has 0 bridgehead atoms. The van der Waals surface area contributed by atoms with Crippen molar-refractivity contribution in [1.29, 1.82) is 0 Å². The Bertz CT molecular complexity index is 833. The summed E-state index contributed by atoms with van der Waals surface area (Å²) in [6.07, 6.45) is -3.83. The SMILES string of the molecule is Cc1cc(NC(=O)N(C)CC(C)C(=O)O)n(-c2ccc(C(F)(F)F)cn2)n1. The molecule has 2 rings (SSSR count). The number of hydrogen-bond donors (Lipinski definition) is 2. The topological polar surface area (TPSA) is 100 Å². The molecule has 0 spiro atoms. The van der Waals surface area contributed by atoms with Gasteiger partial charge in [-0.3, -0.25) is 10.1 Å². The van der Waals surface area contributed by atoms with E-state index in [1.54, 1.807) is 6.92 Å². The Morgan fingerprint density at radius 1 is 1.37 bits per heavy atom. The molecule has 1 atom stereocenters. The second-order valence-electron chi connectivity index (χ2n) is 6.04. The molecule has 2 heterocycles. The molecular formula is C16H18F3N5O3. The maximum atomic E-state index is 12.7. The molecule has 11 heteroatoms. The van der Waals surface area contributed by atoms with Gasteiger partial charge in [-0.2, -0.15) is 23.0 Å². The quantitative estimate of drug-likeness (QED) is 0.824. The highest BCUT2D eigenvalue weighted by Gasteiger charge is 2.31. The maximum absolute atomic E-state index is 12.7. The molecule has 0 radical (unpaired) electrons. The monoisotopic (exact) mass is 385 g/mol. The lowest BCUT2D eigenvalue weighted by molar-refractivity contribution is -0.141. The van der Waals surface area contributed by atoms with E-state index in [4.69, 9.17) is 5.11 Å². The van der Waals surface area contributed by atoms with Gasteiger partial charge in [0.05, 0.1) is 17.2 Å². The van der Waals surface area contributed by atoms with E-state index in [0.29, 0.717) is 11.9 Å². The first-order valence-electron chi connectivity index (χ1n) is 7.84. The van der Waals surface area contributed by atoms with Crippen LogP contribution in [0.15, 0.2) is 24.4 Å². The molecule has 0 aliphatic heterocycles. The molecule has 2 N–H and O–H groups in total. The molecule has 2 amide bonds. The van der Waals surface area contributed by atoms with Crippen molar-refractivity contribution in [1.82, 2.24) is 19.7 Å². The van der Waals surface area contributed by atoms with Crippen LogP contribution in [0.2, 0.25) is 0 Å². The van der Waals surface area contributed by atoms with Crippen molar-refractivity contribution in [3.05, 3.63) is 35.7 Å². The van der Waals surface area contributed by atoms with Crippen molar-refractivity contribution in [3.63, 3.8) is 0 Å². The average molecular weight is 385 g/mol. The third kappa shape index (κ3) is 4.96. The zero-order valence-corrected chi connectivity index (χ0v) is 14.8. The van der Waals surface area contributed by atoms with E-state index in [1.165, 1.54) is 29.6 Å². The summed E-state index contributed by atoms with van der Waals surface area (Å²) in [4.78, 5) is 28.1. The van der Waals surface area contributed by atoms with Gasteiger partial charge in [0.2, 0.25) is 0 Å². The largest absolute Gasteiger partial charge is 0.481 e. The number of halogens is 3. The van der Waals surface area contributed by atoms with E-state index in [1.807, 2.05) is 0 Å². The fraction of sp³-hybridized carbons (Fsp3) is 0.375. The van der Waals surface area contributed by atoms with Crippen molar-refractivity contribution in [3.8, 4) is 5.82 Å². The van der Waals surface area contributed by atoms with E-state index in [-0.39, 0.29) is 18.2 Å². The number of rotatable bonds is 5. The Hall–Kier alpha value is -3.11. The van der Waals surface area contributed by atoms with Crippen LogP contribution in [0, 0.1) is 12.8 Å². The number of nitrogens with one attached hydrogen (secondary N) is 1. The fourth-order valence-corrected chi connectivity index (χ4v) is 2.22. The molecule has 0 saturated heterocycles. The molecule has 0 fully saturated rings. The van der Waals surface area contributed by atoms with Gasteiger partial charge in [-0.15, -0.1) is 0 Å². The minimum Gasteiger partial charge on any atom is -0.481 e. The van der Waals surface area contributed by atoms with Gasteiger partial charge in [0.25, 0.3) is 0 Å². The summed E-state index contributed by atoms with van der Waals surface area (Å²) in [6.45, 7) is 3.09. The van der Waals surface area contributed by atoms with Gasteiger partial charge in [-0.1, -0.05) is 6.92 Å². The van der Waals surface area contributed by atoms with Gasteiger partial charge >= 0.3 is 18.2 Å². The van der Waals surface area contributed by atoms with Crippen LogP contribution in [-0.4, -0.2) is 50.4 Å². The molecule has 2 aromatic heterocycles. The predicted molar refractivity (Wildman–Crippen MR) is 89.5 cm³/mol. The number of aromatic nitrogens is 3. The first kappa shape index (κ1) is 20.2. The van der Waals surface area contributed by atoms with Crippen LogP contribution in [-0.2, 0) is 11.0 Å². The van der Waals surface area contributed by atoms with Crippen LogP contribution in [0.25, 0.3) is 5.82 Å². The normalized spacial score (nSPS) is 12.5. The number of carboxylic acids is 1. The van der Waals surface area contributed by atoms with Crippen molar-refractivity contribution in [2.24, 2.45) is 5.92 Å². The van der Waals surface area contributed by atoms with Crippen LogP contribution >= 0.6 is 0 Å². The van der Waals surface area contributed by atoms with Crippen molar-refractivity contribution in [2.45, 2.75) is 20.0 Å². The van der Waals surface area contributed by atoms with E-state index < -0.39 is 29.7 Å². The number of carbonyl (C=O) groups excluding carboxylic acids is 1. The van der Waals surface area contributed by atoms with Crippen molar-refractivity contribution in [2.75, 3.05) is 18.9 Å². The minimum atomic E-state index is -4.51. The van der Waals surface area contributed by atoms with E-state index in [9.17, 15) is 22.8 Å². The Kier molecular flexibility index (Phi) is 5.72. The Morgan fingerprint density at radius 2 is 2.04 bits per heavy atom. The number of aryl methyl sites for hydroxylation is 1. The highest BCUT2D eigenvalue weighted by atomic mass is 19.4. The maximum Gasteiger partial charge on any atom is 0.417 e. The number of amides is 2. The lowest BCUT2D eigenvalue weighted by Gasteiger charge is -2.20. The minimum absolute atomic E-state index is 0.0210. The molecule has 0 aromatic carbocycles. The number of aliphatic carboxylic acids is 1. The number of urea groups is 1. The summed E-state index contributed by atoms with van der Waals surface area (Å²) in [5.74, 6) is -1.51. The van der Waals surface area contributed by atoms with Gasteiger partial charge in [0.15, 0.2) is 5.82 Å². The van der Waals surface area contributed by atoms with Gasteiger partial charge in [-0.05, 0) is 19.1 Å². The van der Waals surface area contributed by atoms with E-state index in [2.05, 4.69) is 15.4 Å². The van der Waals surface area contributed by atoms with Crippen molar-refractivity contribution >= 4 is 17.8 Å².